The number of benzene rings is 4. The zero-order valence-electron chi connectivity index (χ0n) is 24.0. The third kappa shape index (κ3) is 6.51. The Morgan fingerprint density at radius 2 is 1.44 bits per heavy atom. The molecule has 9 heteroatoms. The van der Waals surface area contributed by atoms with Crippen LogP contribution >= 0.6 is 0 Å². The van der Waals surface area contributed by atoms with E-state index in [-0.39, 0.29) is 16.6 Å². The van der Waals surface area contributed by atoms with Crippen molar-refractivity contribution in [3.05, 3.63) is 124 Å². The maximum Gasteiger partial charge on any atom is 0.263 e. The van der Waals surface area contributed by atoms with E-state index in [9.17, 15) is 18.4 Å². The van der Waals surface area contributed by atoms with Gasteiger partial charge in [-0.25, -0.2) is 8.78 Å². The van der Waals surface area contributed by atoms with Crippen LogP contribution in [0.5, 0.6) is 17.2 Å². The molecule has 0 aliphatic heterocycles. The highest BCUT2D eigenvalue weighted by Crippen LogP contribution is 2.30. The number of carbonyl (C=O) groups excluding carboxylic acids is 1. The summed E-state index contributed by atoms with van der Waals surface area (Å²) in [5.74, 6) is -0.836. The number of nitrogens with zero attached hydrogens (tertiary/aromatic N) is 2. The lowest BCUT2D eigenvalue weighted by atomic mass is 10.1. The van der Waals surface area contributed by atoms with Crippen LogP contribution in [0.4, 0.5) is 14.5 Å². The summed E-state index contributed by atoms with van der Waals surface area (Å²) in [7, 11) is 1.36. The van der Waals surface area contributed by atoms with Crippen LogP contribution in [0.15, 0.2) is 95.9 Å². The van der Waals surface area contributed by atoms with Crippen LogP contribution in [0.1, 0.15) is 29.8 Å². The van der Waals surface area contributed by atoms with E-state index in [2.05, 4.69) is 0 Å². The fourth-order valence-corrected chi connectivity index (χ4v) is 4.73. The van der Waals surface area contributed by atoms with Gasteiger partial charge >= 0.3 is 0 Å². The molecule has 0 unspecified atom stereocenters. The summed E-state index contributed by atoms with van der Waals surface area (Å²) in [6, 6.07) is 22.7. The second-order valence-corrected chi connectivity index (χ2v) is 9.72. The second-order valence-electron chi connectivity index (χ2n) is 9.72. The number of amides is 1. The van der Waals surface area contributed by atoms with E-state index in [1.807, 2.05) is 44.2 Å². The SMILES string of the molecule is CCOc1cc(OCC)cc(-n2cc(C(=O)N(C)c3cc(F)cc(F)c3)c(=O)c3ccc(OCc4ccccc4)cc32)c1. The number of aromatic nitrogens is 1. The molecular weight excluding hydrogens is 554 g/mol. The van der Waals surface area contributed by atoms with Gasteiger partial charge in [-0.05, 0) is 43.7 Å². The third-order valence-electron chi connectivity index (χ3n) is 6.76. The molecule has 0 radical (unpaired) electrons. The monoisotopic (exact) mass is 584 g/mol. The molecule has 0 aliphatic rings. The minimum absolute atomic E-state index is 0.0322. The predicted octanol–water partition coefficient (Wildman–Crippen LogP) is 6.92. The van der Waals surface area contributed by atoms with E-state index in [0.717, 1.165) is 22.6 Å². The first-order valence-corrected chi connectivity index (χ1v) is 13.8. The second kappa shape index (κ2) is 12.8. The molecule has 220 valence electrons. The van der Waals surface area contributed by atoms with E-state index in [1.165, 1.54) is 13.2 Å². The average molecular weight is 585 g/mol. The molecule has 5 rings (SSSR count). The molecule has 0 saturated carbocycles. The lowest BCUT2D eigenvalue weighted by molar-refractivity contribution is 0.0991. The number of halogens is 2. The minimum Gasteiger partial charge on any atom is -0.494 e. The van der Waals surface area contributed by atoms with Crippen molar-refractivity contribution in [2.24, 2.45) is 0 Å². The van der Waals surface area contributed by atoms with Crippen LogP contribution in [-0.4, -0.2) is 30.7 Å². The topological polar surface area (TPSA) is 70.0 Å². The molecule has 43 heavy (non-hydrogen) atoms. The zero-order valence-corrected chi connectivity index (χ0v) is 24.0. The molecule has 5 aromatic rings. The Morgan fingerprint density at radius 1 is 0.791 bits per heavy atom. The molecule has 0 bridgehead atoms. The molecule has 1 aromatic heterocycles. The molecule has 1 heterocycles. The van der Waals surface area contributed by atoms with Gasteiger partial charge in [0.25, 0.3) is 5.91 Å². The molecule has 0 spiro atoms. The van der Waals surface area contributed by atoms with Gasteiger partial charge in [0.2, 0.25) is 5.43 Å². The third-order valence-corrected chi connectivity index (χ3v) is 6.76. The van der Waals surface area contributed by atoms with Gasteiger partial charge < -0.3 is 23.7 Å². The Balaban J connectivity index is 1.67. The Hall–Kier alpha value is -5.18. The Morgan fingerprint density at radius 3 is 2.07 bits per heavy atom. The molecular formula is C34H30F2N2O5. The number of ether oxygens (including phenoxy) is 3. The van der Waals surface area contributed by atoms with Crippen molar-refractivity contribution in [2.45, 2.75) is 20.5 Å². The molecule has 0 saturated heterocycles. The number of pyridine rings is 1. The van der Waals surface area contributed by atoms with Crippen molar-refractivity contribution < 1.29 is 27.8 Å². The van der Waals surface area contributed by atoms with Gasteiger partial charge in [0.05, 0.1) is 24.4 Å². The Kier molecular flexibility index (Phi) is 8.71. The summed E-state index contributed by atoms with van der Waals surface area (Å²) in [4.78, 5) is 28.5. The van der Waals surface area contributed by atoms with E-state index < -0.39 is 23.0 Å². The summed E-state index contributed by atoms with van der Waals surface area (Å²) >= 11 is 0. The van der Waals surface area contributed by atoms with Gasteiger partial charge in [-0.2, -0.15) is 0 Å². The van der Waals surface area contributed by atoms with Crippen LogP contribution in [-0.2, 0) is 6.61 Å². The van der Waals surface area contributed by atoms with E-state index in [0.29, 0.717) is 54.3 Å². The first-order chi connectivity index (χ1) is 20.8. The minimum atomic E-state index is -0.843. The predicted molar refractivity (Wildman–Crippen MR) is 162 cm³/mol. The maximum absolute atomic E-state index is 14.0. The summed E-state index contributed by atoms with van der Waals surface area (Å²) < 4.78 is 47.2. The number of hydrogen-bond donors (Lipinski definition) is 0. The van der Waals surface area contributed by atoms with Crippen molar-refractivity contribution in [3.8, 4) is 22.9 Å². The van der Waals surface area contributed by atoms with Crippen LogP contribution in [0.2, 0.25) is 0 Å². The first-order valence-electron chi connectivity index (χ1n) is 13.8. The summed E-state index contributed by atoms with van der Waals surface area (Å²) in [5, 5.41) is 0.247. The largest absolute Gasteiger partial charge is 0.494 e. The Labute approximate surface area is 247 Å². The number of rotatable bonds is 10. The first kappa shape index (κ1) is 29.3. The standard InChI is InChI=1S/C34H30F2N2O5/c1-4-41-28-16-26(17-29(18-28)42-5-2)38-20-31(34(40)37(3)25-14-23(35)13-24(36)15-25)33(39)30-12-11-27(19-32(30)38)43-21-22-9-7-6-8-10-22/h6-20H,4-5,21H2,1-3H3. The van der Waals surface area contributed by atoms with Crippen LogP contribution in [0.3, 0.4) is 0 Å². The maximum atomic E-state index is 14.0. The zero-order chi connectivity index (χ0) is 30.5. The molecule has 0 aliphatic carbocycles. The lowest BCUT2D eigenvalue weighted by Gasteiger charge is -2.20. The highest BCUT2D eigenvalue weighted by molar-refractivity contribution is 6.07. The summed E-state index contributed by atoms with van der Waals surface area (Å²) in [6.07, 6.45) is 1.42. The van der Waals surface area contributed by atoms with Gasteiger partial charge in [-0.15, -0.1) is 0 Å². The number of fused-ring (bicyclic) bond motifs is 1. The fourth-order valence-electron chi connectivity index (χ4n) is 4.73. The highest BCUT2D eigenvalue weighted by atomic mass is 19.1. The molecule has 1 amide bonds. The average Bonchev–Trinajstić information content (AvgIpc) is 3.00. The highest BCUT2D eigenvalue weighted by Gasteiger charge is 2.22. The fraction of sp³-hybridized carbons (Fsp3) is 0.176. The summed E-state index contributed by atoms with van der Waals surface area (Å²) in [6.45, 7) is 4.86. The van der Waals surface area contributed by atoms with Gasteiger partial charge in [0.15, 0.2) is 0 Å². The number of hydrogen-bond acceptors (Lipinski definition) is 5. The van der Waals surface area contributed by atoms with Crippen molar-refractivity contribution in [2.75, 3.05) is 25.2 Å². The van der Waals surface area contributed by atoms with Crippen molar-refractivity contribution >= 4 is 22.5 Å². The normalized spacial score (nSPS) is 10.9. The van der Waals surface area contributed by atoms with Crippen molar-refractivity contribution in [3.63, 3.8) is 0 Å². The lowest BCUT2D eigenvalue weighted by Crippen LogP contribution is -2.32. The molecule has 4 aromatic carbocycles. The van der Waals surface area contributed by atoms with Gasteiger partial charge in [-0.1, -0.05) is 30.3 Å². The van der Waals surface area contributed by atoms with Gasteiger partial charge in [0.1, 0.15) is 41.1 Å². The van der Waals surface area contributed by atoms with Crippen LogP contribution < -0.4 is 24.5 Å². The van der Waals surface area contributed by atoms with E-state index in [4.69, 9.17) is 14.2 Å². The molecule has 0 N–H and O–H groups in total. The van der Waals surface area contributed by atoms with Crippen LogP contribution in [0.25, 0.3) is 16.6 Å². The molecule has 0 fully saturated rings. The quantitative estimate of drug-likeness (QED) is 0.178. The van der Waals surface area contributed by atoms with E-state index >= 15 is 0 Å². The van der Waals surface area contributed by atoms with E-state index in [1.54, 1.807) is 41.0 Å². The van der Waals surface area contributed by atoms with Gasteiger partial charge in [0, 0.05) is 54.6 Å². The van der Waals surface area contributed by atoms with Crippen molar-refractivity contribution in [1.29, 1.82) is 0 Å². The molecule has 7 nitrogen and oxygen atoms in total. The smallest absolute Gasteiger partial charge is 0.263 e. The van der Waals surface area contributed by atoms with Gasteiger partial charge in [-0.3, -0.25) is 9.59 Å². The number of anilines is 1. The number of carbonyl (C=O) groups is 1. The van der Waals surface area contributed by atoms with Crippen LogP contribution in [0, 0.1) is 11.6 Å². The van der Waals surface area contributed by atoms with Crippen molar-refractivity contribution in [1.82, 2.24) is 4.57 Å². The molecule has 0 atom stereocenters. The summed E-state index contributed by atoms with van der Waals surface area (Å²) in [5.41, 5.74) is 1.24. The Bertz CT molecular complexity index is 1790.